The molecular weight excluding hydrogens is 359 g/mol. The highest BCUT2D eigenvalue weighted by Crippen LogP contribution is 2.11. The van der Waals surface area contributed by atoms with Crippen molar-refractivity contribution in [1.29, 1.82) is 0 Å². The zero-order valence-corrected chi connectivity index (χ0v) is 13.9. The number of amides is 1. The molecule has 11 heteroatoms. The van der Waals surface area contributed by atoms with Crippen molar-refractivity contribution < 1.29 is 37.4 Å². The Balaban J connectivity index is 2.90. The van der Waals surface area contributed by atoms with Crippen LogP contribution in [-0.4, -0.2) is 48.6 Å². The minimum atomic E-state index is -4.15. The minimum absolute atomic E-state index is 0.0222. The number of nitrogens with one attached hydrogen (secondary N) is 2. The Morgan fingerprint density at radius 1 is 1.12 bits per heavy atom. The van der Waals surface area contributed by atoms with Crippen LogP contribution in [0.1, 0.15) is 19.8 Å². The van der Waals surface area contributed by atoms with E-state index in [0.717, 1.165) is 24.3 Å². The number of carbonyl (C=O) groups excluding carboxylic acids is 1. The molecule has 0 radical (unpaired) electrons. The lowest BCUT2D eigenvalue weighted by Gasteiger charge is -2.19. The molecule has 1 aromatic rings. The summed E-state index contributed by atoms with van der Waals surface area (Å²) in [5.41, 5.74) is 0. The van der Waals surface area contributed by atoms with Gasteiger partial charge in [-0.15, -0.1) is 0 Å². The van der Waals surface area contributed by atoms with Gasteiger partial charge in [-0.2, -0.15) is 4.72 Å². The normalized spacial score (nSPS) is 13.7. The van der Waals surface area contributed by atoms with Gasteiger partial charge in [-0.05, 0) is 30.7 Å². The average Bonchev–Trinajstić information content (AvgIpc) is 2.51. The molecule has 0 aliphatic carbocycles. The van der Waals surface area contributed by atoms with Gasteiger partial charge in [-0.1, -0.05) is 6.92 Å². The molecule has 9 nitrogen and oxygen atoms in total. The third-order valence-electron chi connectivity index (χ3n) is 3.14. The Labute approximate surface area is 142 Å². The fourth-order valence-corrected chi connectivity index (χ4v) is 3.12. The van der Waals surface area contributed by atoms with E-state index in [1.54, 1.807) is 0 Å². The number of aliphatic carboxylic acids is 2. The van der Waals surface area contributed by atoms with Crippen LogP contribution in [0.4, 0.5) is 4.39 Å². The molecule has 4 N–H and O–H groups in total. The lowest BCUT2D eigenvalue weighted by Crippen LogP contribution is -2.51. The van der Waals surface area contributed by atoms with Gasteiger partial charge >= 0.3 is 11.9 Å². The standard InChI is InChI=1S/C14H17FN2O7S/c1-2-10(13(20)16-11(14(21)22)7-12(18)19)17-25(23,24)9-5-3-8(15)4-6-9/h3-6,10-11,17H,2,7H2,1H3,(H,16,20)(H,18,19)(H,21,22). The monoisotopic (exact) mass is 376 g/mol. The molecule has 1 rings (SSSR count). The first-order valence-electron chi connectivity index (χ1n) is 7.09. The van der Waals surface area contributed by atoms with Crippen molar-refractivity contribution in [1.82, 2.24) is 10.0 Å². The number of halogens is 1. The van der Waals surface area contributed by atoms with E-state index in [-0.39, 0.29) is 11.3 Å². The van der Waals surface area contributed by atoms with Gasteiger partial charge in [-0.25, -0.2) is 17.6 Å². The lowest BCUT2D eigenvalue weighted by atomic mass is 10.1. The van der Waals surface area contributed by atoms with Crippen LogP contribution in [0.2, 0.25) is 0 Å². The second kappa shape index (κ2) is 8.53. The topological polar surface area (TPSA) is 150 Å². The number of sulfonamides is 1. The van der Waals surface area contributed by atoms with E-state index >= 15 is 0 Å². The third kappa shape index (κ3) is 6.12. The predicted octanol–water partition coefficient (Wildman–Crippen LogP) is -0.0733. The Kier molecular flexibility index (Phi) is 7.00. The number of hydrogen-bond donors (Lipinski definition) is 4. The second-order valence-electron chi connectivity index (χ2n) is 5.03. The molecule has 1 amide bonds. The fraction of sp³-hybridized carbons (Fsp3) is 0.357. The molecule has 0 saturated heterocycles. The molecule has 0 saturated carbocycles. The zero-order chi connectivity index (χ0) is 19.2. The molecule has 1 aromatic carbocycles. The van der Waals surface area contributed by atoms with Gasteiger partial charge in [0.05, 0.1) is 11.3 Å². The van der Waals surface area contributed by atoms with Crippen LogP contribution in [0.3, 0.4) is 0 Å². The first-order valence-corrected chi connectivity index (χ1v) is 8.58. The third-order valence-corrected chi connectivity index (χ3v) is 4.63. The van der Waals surface area contributed by atoms with Gasteiger partial charge in [0.15, 0.2) is 0 Å². The molecule has 0 fully saturated rings. The maximum Gasteiger partial charge on any atom is 0.326 e. The molecule has 2 unspecified atom stereocenters. The molecular formula is C14H17FN2O7S. The zero-order valence-electron chi connectivity index (χ0n) is 13.1. The number of carbonyl (C=O) groups is 3. The summed E-state index contributed by atoms with van der Waals surface area (Å²) >= 11 is 0. The highest BCUT2D eigenvalue weighted by Gasteiger charge is 2.29. The van der Waals surface area contributed by atoms with E-state index in [2.05, 4.69) is 4.72 Å². The van der Waals surface area contributed by atoms with Crippen LogP contribution < -0.4 is 10.0 Å². The quantitative estimate of drug-likeness (QED) is 0.471. The van der Waals surface area contributed by atoms with E-state index in [1.165, 1.54) is 6.92 Å². The van der Waals surface area contributed by atoms with Crippen molar-refractivity contribution in [2.24, 2.45) is 0 Å². The van der Waals surface area contributed by atoms with Crippen LogP contribution in [0, 0.1) is 5.82 Å². The SMILES string of the molecule is CCC(NS(=O)(=O)c1ccc(F)cc1)C(=O)NC(CC(=O)O)C(=O)O. The van der Waals surface area contributed by atoms with Crippen molar-refractivity contribution in [3.05, 3.63) is 30.1 Å². The van der Waals surface area contributed by atoms with Crippen LogP contribution >= 0.6 is 0 Å². The van der Waals surface area contributed by atoms with Gasteiger partial charge in [-0.3, -0.25) is 9.59 Å². The summed E-state index contributed by atoms with van der Waals surface area (Å²) in [7, 11) is -4.15. The van der Waals surface area contributed by atoms with Crippen molar-refractivity contribution >= 4 is 27.9 Å². The lowest BCUT2D eigenvalue weighted by molar-refractivity contribution is -0.147. The number of carboxylic acids is 2. The summed E-state index contributed by atoms with van der Waals surface area (Å²) in [6.45, 7) is 1.48. The minimum Gasteiger partial charge on any atom is -0.481 e. The molecule has 0 aliphatic heterocycles. The smallest absolute Gasteiger partial charge is 0.326 e. The molecule has 0 bridgehead atoms. The average molecular weight is 376 g/mol. The summed E-state index contributed by atoms with van der Waals surface area (Å²) in [6.07, 6.45) is -0.881. The summed E-state index contributed by atoms with van der Waals surface area (Å²) in [5, 5.41) is 19.5. The molecule has 25 heavy (non-hydrogen) atoms. The first kappa shape index (κ1) is 20.5. The van der Waals surface area contributed by atoms with Crippen LogP contribution in [0.5, 0.6) is 0 Å². The van der Waals surface area contributed by atoms with E-state index < -0.39 is 52.2 Å². The maximum atomic E-state index is 12.9. The van der Waals surface area contributed by atoms with Crippen molar-refractivity contribution in [3.63, 3.8) is 0 Å². The molecule has 0 spiro atoms. The number of benzene rings is 1. The summed E-state index contributed by atoms with van der Waals surface area (Å²) in [5.74, 6) is -4.62. The van der Waals surface area contributed by atoms with E-state index in [1.807, 2.05) is 5.32 Å². The van der Waals surface area contributed by atoms with Crippen LogP contribution in [0.25, 0.3) is 0 Å². The van der Waals surface area contributed by atoms with Crippen LogP contribution in [-0.2, 0) is 24.4 Å². The Morgan fingerprint density at radius 2 is 1.68 bits per heavy atom. The van der Waals surface area contributed by atoms with Gasteiger partial charge in [0.25, 0.3) is 0 Å². The Hall–Kier alpha value is -2.53. The van der Waals surface area contributed by atoms with E-state index in [0.29, 0.717) is 0 Å². The fourth-order valence-electron chi connectivity index (χ4n) is 1.84. The summed E-state index contributed by atoms with van der Waals surface area (Å²) < 4.78 is 39.3. The number of hydrogen-bond acceptors (Lipinski definition) is 5. The van der Waals surface area contributed by atoms with Gasteiger partial charge in [0.2, 0.25) is 15.9 Å². The summed E-state index contributed by atoms with van der Waals surface area (Å²) in [6, 6.07) is 0.853. The predicted molar refractivity (Wildman–Crippen MR) is 82.6 cm³/mol. The molecule has 2 atom stereocenters. The van der Waals surface area contributed by atoms with Crippen molar-refractivity contribution in [2.45, 2.75) is 36.7 Å². The van der Waals surface area contributed by atoms with Gasteiger partial charge < -0.3 is 15.5 Å². The molecule has 0 heterocycles. The molecule has 138 valence electrons. The highest BCUT2D eigenvalue weighted by molar-refractivity contribution is 7.89. The summed E-state index contributed by atoms with van der Waals surface area (Å²) in [4.78, 5) is 33.4. The van der Waals surface area contributed by atoms with E-state index in [9.17, 15) is 27.2 Å². The van der Waals surface area contributed by atoms with Crippen LogP contribution in [0.15, 0.2) is 29.2 Å². The van der Waals surface area contributed by atoms with Gasteiger partial charge in [0, 0.05) is 0 Å². The maximum absolute atomic E-state index is 12.9. The molecule has 0 aliphatic rings. The number of rotatable bonds is 9. The highest BCUT2D eigenvalue weighted by atomic mass is 32.2. The van der Waals surface area contributed by atoms with E-state index in [4.69, 9.17) is 10.2 Å². The number of carboxylic acid groups (broad SMARTS) is 2. The van der Waals surface area contributed by atoms with Crippen molar-refractivity contribution in [2.75, 3.05) is 0 Å². The second-order valence-corrected chi connectivity index (χ2v) is 6.75. The molecule has 0 aromatic heterocycles. The Morgan fingerprint density at radius 3 is 2.12 bits per heavy atom. The first-order chi connectivity index (χ1) is 11.6. The largest absolute Gasteiger partial charge is 0.481 e. The van der Waals surface area contributed by atoms with Crippen molar-refractivity contribution in [3.8, 4) is 0 Å². The van der Waals surface area contributed by atoms with Gasteiger partial charge in [0.1, 0.15) is 17.9 Å². The Bertz CT molecular complexity index is 749.